The fraction of sp³-hybridized carbons (Fsp3) is 0.333. The van der Waals surface area contributed by atoms with Crippen molar-refractivity contribution in [3.8, 4) is 0 Å². The molecule has 0 spiro atoms. The summed E-state index contributed by atoms with van der Waals surface area (Å²) in [6.07, 6.45) is 1.19. The van der Waals surface area contributed by atoms with E-state index in [1.165, 1.54) is 24.3 Å². The van der Waals surface area contributed by atoms with Crippen molar-refractivity contribution < 1.29 is 23.1 Å². The van der Waals surface area contributed by atoms with Crippen molar-refractivity contribution in [2.75, 3.05) is 0 Å². The van der Waals surface area contributed by atoms with Gasteiger partial charge in [-0.25, -0.2) is 8.42 Å². The lowest BCUT2D eigenvalue weighted by Crippen LogP contribution is -2.58. The van der Waals surface area contributed by atoms with Crippen LogP contribution in [0.25, 0.3) is 0 Å². The van der Waals surface area contributed by atoms with Crippen LogP contribution in [0.2, 0.25) is 0 Å². The van der Waals surface area contributed by atoms with Crippen molar-refractivity contribution in [2.45, 2.75) is 29.7 Å². The van der Waals surface area contributed by atoms with E-state index in [9.17, 15) is 18.0 Å². The molecule has 1 fully saturated rings. The van der Waals surface area contributed by atoms with E-state index in [-0.39, 0.29) is 23.3 Å². The predicted molar refractivity (Wildman–Crippen MR) is 69.5 cm³/mol. The number of hydrogen-bond donors (Lipinski definition) is 3. The molecule has 20 heavy (non-hydrogen) atoms. The standard InChI is InChI=1S/C12H14N2O5S/c13-10(15)8-2-4-9(5-3-8)20(18,19)14-12(11(16)17)6-1-7-12/h2-5,14H,1,6-7H2,(H2,13,15)(H,16,17). The Hall–Kier alpha value is -1.93. The molecular formula is C12H14N2O5S. The quantitative estimate of drug-likeness (QED) is 0.709. The fourth-order valence-electron chi connectivity index (χ4n) is 2.00. The molecule has 4 N–H and O–H groups in total. The molecule has 0 aliphatic heterocycles. The number of carboxylic acid groups (broad SMARTS) is 1. The minimum Gasteiger partial charge on any atom is -0.480 e. The number of nitrogens with one attached hydrogen (secondary N) is 1. The van der Waals surface area contributed by atoms with E-state index in [1.54, 1.807) is 0 Å². The van der Waals surface area contributed by atoms with Gasteiger partial charge in [0.2, 0.25) is 15.9 Å². The van der Waals surface area contributed by atoms with Crippen LogP contribution in [-0.4, -0.2) is 30.9 Å². The number of carbonyl (C=O) groups is 2. The zero-order chi connectivity index (χ0) is 15.0. The molecular weight excluding hydrogens is 284 g/mol. The summed E-state index contributed by atoms with van der Waals surface area (Å²) in [7, 11) is -3.95. The number of primary amides is 1. The van der Waals surface area contributed by atoms with E-state index in [0.29, 0.717) is 6.42 Å². The Morgan fingerprint density at radius 1 is 1.20 bits per heavy atom. The topological polar surface area (TPSA) is 127 Å². The number of nitrogens with two attached hydrogens (primary N) is 1. The van der Waals surface area contributed by atoms with Gasteiger partial charge in [-0.2, -0.15) is 4.72 Å². The zero-order valence-corrected chi connectivity index (χ0v) is 11.3. The predicted octanol–water partition coefficient (Wildman–Crippen LogP) is 0.0711. The van der Waals surface area contributed by atoms with Gasteiger partial charge in [-0.15, -0.1) is 0 Å². The van der Waals surface area contributed by atoms with Gasteiger partial charge in [-0.05, 0) is 43.5 Å². The third-order valence-electron chi connectivity index (χ3n) is 3.40. The Morgan fingerprint density at radius 3 is 2.10 bits per heavy atom. The van der Waals surface area contributed by atoms with Crippen LogP contribution in [0.1, 0.15) is 29.6 Å². The highest BCUT2D eigenvalue weighted by Crippen LogP contribution is 2.33. The van der Waals surface area contributed by atoms with Gasteiger partial charge in [-0.3, -0.25) is 9.59 Å². The summed E-state index contributed by atoms with van der Waals surface area (Å²) in [4.78, 5) is 22.0. The molecule has 8 heteroatoms. The number of carbonyl (C=O) groups excluding carboxylic acids is 1. The summed E-state index contributed by atoms with van der Waals surface area (Å²) in [6, 6.07) is 5.00. The van der Waals surface area contributed by atoms with Gasteiger partial charge >= 0.3 is 5.97 Å². The van der Waals surface area contributed by atoms with E-state index in [4.69, 9.17) is 10.8 Å². The van der Waals surface area contributed by atoms with Crippen LogP contribution >= 0.6 is 0 Å². The van der Waals surface area contributed by atoms with Crippen molar-refractivity contribution >= 4 is 21.9 Å². The number of benzene rings is 1. The summed E-state index contributed by atoms with van der Waals surface area (Å²) < 4.78 is 26.5. The summed E-state index contributed by atoms with van der Waals surface area (Å²) in [6.45, 7) is 0. The number of carboxylic acids is 1. The minimum absolute atomic E-state index is 0.102. The lowest BCUT2D eigenvalue weighted by molar-refractivity contribution is -0.147. The van der Waals surface area contributed by atoms with Gasteiger partial charge in [0.05, 0.1) is 4.90 Å². The van der Waals surface area contributed by atoms with Crippen molar-refractivity contribution in [1.29, 1.82) is 0 Å². The van der Waals surface area contributed by atoms with Crippen LogP contribution < -0.4 is 10.5 Å². The molecule has 1 saturated carbocycles. The molecule has 2 rings (SSSR count). The highest BCUT2D eigenvalue weighted by molar-refractivity contribution is 7.89. The van der Waals surface area contributed by atoms with Crippen molar-refractivity contribution in [3.05, 3.63) is 29.8 Å². The van der Waals surface area contributed by atoms with E-state index in [2.05, 4.69) is 4.72 Å². The van der Waals surface area contributed by atoms with Gasteiger partial charge in [0.25, 0.3) is 0 Å². The average Bonchev–Trinajstić information content (AvgIpc) is 2.33. The Balaban J connectivity index is 2.26. The molecule has 0 radical (unpaired) electrons. The van der Waals surface area contributed by atoms with E-state index < -0.39 is 27.4 Å². The van der Waals surface area contributed by atoms with Crippen LogP contribution in [-0.2, 0) is 14.8 Å². The van der Waals surface area contributed by atoms with Crippen LogP contribution in [0.15, 0.2) is 29.2 Å². The average molecular weight is 298 g/mol. The van der Waals surface area contributed by atoms with Crippen molar-refractivity contribution in [3.63, 3.8) is 0 Å². The van der Waals surface area contributed by atoms with Crippen molar-refractivity contribution in [1.82, 2.24) is 4.72 Å². The largest absolute Gasteiger partial charge is 0.480 e. The molecule has 7 nitrogen and oxygen atoms in total. The Kier molecular flexibility index (Phi) is 3.53. The normalized spacial score (nSPS) is 17.2. The molecule has 0 unspecified atom stereocenters. The van der Waals surface area contributed by atoms with Gasteiger partial charge in [-0.1, -0.05) is 0 Å². The molecule has 1 aliphatic rings. The Labute approximate surface area is 115 Å². The molecule has 108 valence electrons. The van der Waals surface area contributed by atoms with Crippen LogP contribution in [0.3, 0.4) is 0 Å². The smallest absolute Gasteiger partial charge is 0.324 e. The van der Waals surface area contributed by atoms with Gasteiger partial charge in [0, 0.05) is 5.56 Å². The third-order valence-corrected chi connectivity index (χ3v) is 4.95. The molecule has 1 aromatic rings. The molecule has 1 amide bonds. The van der Waals surface area contributed by atoms with Crippen LogP contribution in [0.4, 0.5) is 0 Å². The molecule has 0 aromatic heterocycles. The number of aliphatic carboxylic acids is 1. The summed E-state index contributed by atoms with van der Waals surface area (Å²) in [5.41, 5.74) is 3.83. The second-order valence-electron chi connectivity index (χ2n) is 4.73. The highest BCUT2D eigenvalue weighted by atomic mass is 32.2. The first-order chi connectivity index (χ1) is 9.27. The minimum atomic E-state index is -3.95. The van der Waals surface area contributed by atoms with Crippen molar-refractivity contribution in [2.24, 2.45) is 5.73 Å². The first-order valence-electron chi connectivity index (χ1n) is 5.94. The first-order valence-corrected chi connectivity index (χ1v) is 7.42. The SMILES string of the molecule is NC(=O)c1ccc(S(=O)(=O)NC2(C(=O)O)CCC2)cc1. The monoisotopic (exact) mass is 298 g/mol. The highest BCUT2D eigenvalue weighted by Gasteiger charge is 2.47. The number of sulfonamides is 1. The third kappa shape index (κ3) is 2.52. The second-order valence-corrected chi connectivity index (χ2v) is 6.42. The Morgan fingerprint density at radius 2 is 1.75 bits per heavy atom. The van der Waals surface area contributed by atoms with Gasteiger partial charge in [0.15, 0.2) is 0 Å². The number of hydrogen-bond acceptors (Lipinski definition) is 4. The zero-order valence-electron chi connectivity index (χ0n) is 10.5. The molecule has 1 aliphatic carbocycles. The van der Waals surface area contributed by atoms with E-state index in [0.717, 1.165) is 0 Å². The van der Waals surface area contributed by atoms with Crippen LogP contribution in [0.5, 0.6) is 0 Å². The molecule has 0 saturated heterocycles. The molecule has 0 bridgehead atoms. The first kappa shape index (κ1) is 14.5. The maximum absolute atomic E-state index is 12.1. The van der Waals surface area contributed by atoms with Gasteiger partial charge in [0.1, 0.15) is 5.54 Å². The fourth-order valence-corrected chi connectivity index (χ4v) is 3.42. The molecule has 0 atom stereocenters. The van der Waals surface area contributed by atoms with Crippen LogP contribution in [0, 0.1) is 0 Å². The maximum atomic E-state index is 12.1. The molecule has 0 heterocycles. The summed E-state index contributed by atoms with van der Waals surface area (Å²) in [5, 5.41) is 9.12. The van der Waals surface area contributed by atoms with E-state index >= 15 is 0 Å². The summed E-state index contributed by atoms with van der Waals surface area (Å²) >= 11 is 0. The number of amides is 1. The second kappa shape index (κ2) is 4.88. The lowest BCUT2D eigenvalue weighted by atomic mass is 9.78. The molecule has 1 aromatic carbocycles. The number of rotatable bonds is 5. The summed E-state index contributed by atoms with van der Waals surface area (Å²) in [5.74, 6) is -1.84. The maximum Gasteiger partial charge on any atom is 0.324 e. The Bertz CT molecular complexity index is 647. The van der Waals surface area contributed by atoms with E-state index in [1.807, 2.05) is 0 Å². The van der Waals surface area contributed by atoms with Gasteiger partial charge < -0.3 is 10.8 Å². The lowest BCUT2D eigenvalue weighted by Gasteiger charge is -2.37.